The van der Waals surface area contributed by atoms with Gasteiger partial charge in [-0.3, -0.25) is 4.79 Å². The molecule has 0 aromatic carbocycles. The van der Waals surface area contributed by atoms with Crippen molar-refractivity contribution >= 4 is 5.91 Å². The van der Waals surface area contributed by atoms with Gasteiger partial charge in [0.2, 0.25) is 5.91 Å². The average molecular weight is 222 g/mol. The van der Waals surface area contributed by atoms with Crippen LogP contribution in [0.1, 0.15) is 19.8 Å². The number of halogens is 3. The molecule has 0 aromatic heterocycles. The lowest BCUT2D eigenvalue weighted by atomic mass is 10.0. The van der Waals surface area contributed by atoms with Crippen molar-refractivity contribution in [2.45, 2.75) is 37.5 Å². The maximum Gasteiger partial charge on any atom is 0.415 e. The van der Waals surface area contributed by atoms with E-state index < -0.39 is 17.6 Å². The van der Waals surface area contributed by atoms with Gasteiger partial charge >= 0.3 is 6.18 Å². The van der Waals surface area contributed by atoms with Gasteiger partial charge < -0.3 is 11.1 Å². The summed E-state index contributed by atoms with van der Waals surface area (Å²) >= 11 is 0. The molecule has 1 unspecified atom stereocenters. The van der Waals surface area contributed by atoms with Crippen LogP contribution in [-0.2, 0) is 4.79 Å². The summed E-state index contributed by atoms with van der Waals surface area (Å²) in [5.41, 5.74) is 2.13. The molecule has 0 heterocycles. The predicted molar refractivity (Wildman–Crippen MR) is 49.0 cm³/mol. The summed E-state index contributed by atoms with van der Waals surface area (Å²) in [4.78, 5) is 11.3. The zero-order valence-electron chi connectivity index (χ0n) is 8.27. The number of rotatable bonds is 2. The number of hydrogen-bond donors (Lipinski definition) is 2. The Labute approximate surface area is 85.5 Å². The van der Waals surface area contributed by atoms with Gasteiger partial charge in [-0.15, -0.1) is 0 Å². The monoisotopic (exact) mass is 222 g/mol. The first-order valence-electron chi connectivity index (χ1n) is 4.56. The van der Waals surface area contributed by atoms with E-state index in [0.717, 1.165) is 0 Å². The predicted octanol–water partition coefficient (Wildman–Crippen LogP) is 1.10. The minimum absolute atomic E-state index is 0.261. The molecule has 1 amide bonds. The van der Waals surface area contributed by atoms with E-state index in [-0.39, 0.29) is 6.04 Å². The summed E-state index contributed by atoms with van der Waals surface area (Å²) in [6.07, 6.45) is 0.00125. The first-order valence-corrected chi connectivity index (χ1v) is 4.56. The third-order valence-corrected chi connectivity index (χ3v) is 2.40. The van der Waals surface area contributed by atoms with Gasteiger partial charge in [-0.1, -0.05) is 12.2 Å². The van der Waals surface area contributed by atoms with Crippen LogP contribution in [-0.4, -0.2) is 23.7 Å². The minimum Gasteiger partial charge on any atom is -0.351 e. The molecule has 0 saturated heterocycles. The summed E-state index contributed by atoms with van der Waals surface area (Å²) < 4.78 is 37.1. The number of nitrogens with two attached hydrogens (primary N) is 1. The third-order valence-electron chi connectivity index (χ3n) is 2.40. The molecule has 0 fully saturated rings. The van der Waals surface area contributed by atoms with Crippen molar-refractivity contribution in [1.82, 2.24) is 5.32 Å². The second-order valence-corrected chi connectivity index (χ2v) is 3.81. The Bertz CT molecular complexity index is 276. The lowest BCUT2D eigenvalue weighted by molar-refractivity contribution is -0.187. The number of hydrogen-bond acceptors (Lipinski definition) is 2. The molecule has 1 rings (SSSR count). The standard InChI is InChI=1S/C9H13F3N2O/c1-8(13,9(10,11)12)7(15)14-6-4-2-3-5-6/h2-3,6H,4-5,13H2,1H3,(H,14,15). The van der Waals surface area contributed by atoms with Crippen molar-refractivity contribution < 1.29 is 18.0 Å². The molecular formula is C9H13F3N2O. The zero-order chi connectivity index (χ0) is 11.7. The van der Waals surface area contributed by atoms with Gasteiger partial charge in [0.1, 0.15) is 0 Å². The molecule has 0 bridgehead atoms. The lowest BCUT2D eigenvalue weighted by Gasteiger charge is -2.27. The van der Waals surface area contributed by atoms with Crippen molar-refractivity contribution in [1.29, 1.82) is 0 Å². The van der Waals surface area contributed by atoms with Crippen LogP contribution in [0.25, 0.3) is 0 Å². The Hall–Kier alpha value is -1.04. The van der Waals surface area contributed by atoms with Crippen LogP contribution in [0.3, 0.4) is 0 Å². The maximum atomic E-state index is 12.4. The van der Waals surface area contributed by atoms with Gasteiger partial charge in [-0.05, 0) is 19.8 Å². The van der Waals surface area contributed by atoms with Gasteiger partial charge in [0.05, 0.1) is 0 Å². The molecule has 0 aromatic rings. The van der Waals surface area contributed by atoms with E-state index in [1.54, 1.807) is 0 Å². The highest BCUT2D eigenvalue weighted by atomic mass is 19.4. The summed E-state index contributed by atoms with van der Waals surface area (Å²) in [5.74, 6) is -1.18. The maximum absolute atomic E-state index is 12.4. The quantitative estimate of drug-likeness (QED) is 0.687. The number of carbonyl (C=O) groups excluding carboxylic acids is 1. The Kier molecular flexibility index (Phi) is 3.08. The number of nitrogens with one attached hydrogen (secondary N) is 1. The molecule has 6 heteroatoms. The van der Waals surface area contributed by atoms with Crippen LogP contribution in [0.5, 0.6) is 0 Å². The largest absolute Gasteiger partial charge is 0.415 e. The molecule has 15 heavy (non-hydrogen) atoms. The summed E-state index contributed by atoms with van der Waals surface area (Å²) in [7, 11) is 0. The molecular weight excluding hydrogens is 209 g/mol. The van der Waals surface area contributed by atoms with Crippen LogP contribution in [0.2, 0.25) is 0 Å². The topological polar surface area (TPSA) is 55.1 Å². The van der Waals surface area contributed by atoms with Crippen LogP contribution < -0.4 is 11.1 Å². The van der Waals surface area contributed by atoms with E-state index in [1.165, 1.54) is 0 Å². The van der Waals surface area contributed by atoms with Gasteiger partial charge in [-0.2, -0.15) is 13.2 Å². The summed E-state index contributed by atoms with van der Waals surface area (Å²) in [6, 6.07) is -0.261. The normalized spacial score (nSPS) is 21.4. The highest BCUT2D eigenvalue weighted by molar-refractivity contribution is 5.86. The van der Waals surface area contributed by atoms with Crippen molar-refractivity contribution in [2.75, 3.05) is 0 Å². The first-order chi connectivity index (χ1) is 6.75. The Balaban J connectivity index is 2.59. The van der Waals surface area contributed by atoms with Gasteiger partial charge in [0, 0.05) is 6.04 Å². The second kappa shape index (κ2) is 3.84. The Morgan fingerprint density at radius 2 is 1.87 bits per heavy atom. The molecule has 3 N–H and O–H groups in total. The van der Waals surface area contributed by atoms with Crippen molar-refractivity contribution in [3.05, 3.63) is 12.2 Å². The molecule has 1 aliphatic rings. The van der Waals surface area contributed by atoms with Crippen molar-refractivity contribution in [3.63, 3.8) is 0 Å². The second-order valence-electron chi connectivity index (χ2n) is 3.81. The molecule has 86 valence electrons. The van der Waals surface area contributed by atoms with E-state index in [0.29, 0.717) is 19.8 Å². The van der Waals surface area contributed by atoms with Gasteiger partial charge in [0.25, 0.3) is 0 Å². The van der Waals surface area contributed by atoms with E-state index in [9.17, 15) is 18.0 Å². The minimum atomic E-state index is -4.73. The average Bonchev–Trinajstić information content (AvgIpc) is 2.54. The molecule has 1 atom stereocenters. The highest BCUT2D eigenvalue weighted by Crippen LogP contribution is 2.28. The number of alkyl halides is 3. The smallest absolute Gasteiger partial charge is 0.351 e. The summed E-state index contributed by atoms with van der Waals surface area (Å²) in [5, 5.41) is 2.28. The number of carbonyl (C=O) groups is 1. The van der Waals surface area contributed by atoms with Crippen LogP contribution in [0, 0.1) is 0 Å². The van der Waals surface area contributed by atoms with Crippen LogP contribution in [0.15, 0.2) is 12.2 Å². The fourth-order valence-corrected chi connectivity index (χ4v) is 1.20. The van der Waals surface area contributed by atoms with Crippen LogP contribution >= 0.6 is 0 Å². The Morgan fingerprint density at radius 1 is 1.40 bits per heavy atom. The third kappa shape index (κ3) is 2.50. The molecule has 0 aliphatic heterocycles. The lowest BCUT2D eigenvalue weighted by Crippen LogP contribution is -2.62. The van der Waals surface area contributed by atoms with E-state index in [2.05, 4.69) is 5.32 Å². The van der Waals surface area contributed by atoms with Crippen molar-refractivity contribution in [3.8, 4) is 0 Å². The zero-order valence-corrected chi connectivity index (χ0v) is 8.27. The van der Waals surface area contributed by atoms with Crippen LogP contribution in [0.4, 0.5) is 13.2 Å². The Morgan fingerprint density at radius 3 is 2.27 bits per heavy atom. The van der Waals surface area contributed by atoms with E-state index in [4.69, 9.17) is 5.73 Å². The number of amides is 1. The SMILES string of the molecule is CC(N)(C(=O)NC1CC=CC1)C(F)(F)F. The van der Waals surface area contributed by atoms with Gasteiger partial charge in [0.15, 0.2) is 5.54 Å². The molecule has 0 radical (unpaired) electrons. The fourth-order valence-electron chi connectivity index (χ4n) is 1.20. The van der Waals surface area contributed by atoms with E-state index in [1.807, 2.05) is 12.2 Å². The molecule has 3 nitrogen and oxygen atoms in total. The summed E-state index contributed by atoms with van der Waals surface area (Å²) in [6.45, 7) is 0.671. The van der Waals surface area contributed by atoms with Gasteiger partial charge in [-0.25, -0.2) is 0 Å². The fraction of sp³-hybridized carbons (Fsp3) is 0.667. The molecule has 0 spiro atoms. The van der Waals surface area contributed by atoms with Crippen molar-refractivity contribution in [2.24, 2.45) is 5.73 Å². The highest BCUT2D eigenvalue weighted by Gasteiger charge is 2.54. The first kappa shape index (κ1) is 12.0. The molecule has 0 saturated carbocycles. The van der Waals surface area contributed by atoms with E-state index >= 15 is 0 Å². The molecule has 1 aliphatic carbocycles.